The smallest absolute Gasteiger partial charge is 0.183 e. The van der Waals surface area contributed by atoms with Crippen LogP contribution < -0.4 is 0 Å². The number of aliphatic hydroxyl groups is 4. The second-order valence-corrected chi connectivity index (χ2v) is 4.73. The first kappa shape index (κ1) is 14.1. The minimum absolute atomic E-state index is 0.204. The molecule has 106 valence electrons. The number of rotatable bonds is 3. The quantitative estimate of drug-likeness (QED) is 0.482. The lowest BCUT2D eigenvalue weighted by atomic mass is 10.0. The Hall–Kier alpha value is -0.280. The molecule has 2 heterocycles. The van der Waals surface area contributed by atoms with Crippen LogP contribution in [-0.2, 0) is 14.2 Å². The highest BCUT2D eigenvalue weighted by atomic mass is 16.7. The number of ether oxygens (including phenoxy) is 3. The number of hydrogen-bond donors (Lipinski definition) is 4. The van der Waals surface area contributed by atoms with Crippen LogP contribution in [0.3, 0.4) is 0 Å². The summed E-state index contributed by atoms with van der Waals surface area (Å²) in [5.41, 5.74) is 0. The Kier molecular flexibility index (Phi) is 4.91. The zero-order valence-corrected chi connectivity index (χ0v) is 10.0. The third-order valence-electron chi connectivity index (χ3n) is 3.24. The first-order valence-corrected chi connectivity index (χ1v) is 6.17. The van der Waals surface area contributed by atoms with Crippen LogP contribution in [0.2, 0.25) is 0 Å². The Morgan fingerprint density at radius 3 is 2.56 bits per heavy atom. The third kappa shape index (κ3) is 3.39. The summed E-state index contributed by atoms with van der Waals surface area (Å²) >= 11 is 0. The van der Waals surface area contributed by atoms with Crippen LogP contribution in [0.15, 0.2) is 0 Å². The van der Waals surface area contributed by atoms with Gasteiger partial charge in [-0.15, -0.1) is 0 Å². The second-order valence-electron chi connectivity index (χ2n) is 4.73. The van der Waals surface area contributed by atoms with E-state index < -0.39 is 37.0 Å². The van der Waals surface area contributed by atoms with Gasteiger partial charge in [-0.1, -0.05) is 0 Å². The Bertz CT molecular complexity index is 254. The van der Waals surface area contributed by atoms with Crippen molar-refractivity contribution in [3.8, 4) is 0 Å². The summed E-state index contributed by atoms with van der Waals surface area (Å²) in [4.78, 5) is 0. The molecule has 0 aliphatic carbocycles. The van der Waals surface area contributed by atoms with Gasteiger partial charge in [0.2, 0.25) is 0 Å². The van der Waals surface area contributed by atoms with Crippen LogP contribution >= 0.6 is 0 Å². The zero-order valence-electron chi connectivity index (χ0n) is 10.0. The lowest BCUT2D eigenvalue weighted by Gasteiger charge is -2.38. The van der Waals surface area contributed by atoms with Gasteiger partial charge in [0.25, 0.3) is 0 Å². The highest BCUT2D eigenvalue weighted by Crippen LogP contribution is 2.25. The van der Waals surface area contributed by atoms with Crippen LogP contribution in [0, 0.1) is 0 Å². The normalized spacial score (nSPS) is 46.0. The molecule has 4 N–H and O–H groups in total. The summed E-state index contributed by atoms with van der Waals surface area (Å²) in [6.45, 7) is -0.0379. The van der Waals surface area contributed by atoms with E-state index >= 15 is 0 Å². The first-order valence-electron chi connectivity index (χ1n) is 6.17. The maximum absolute atomic E-state index is 9.75. The van der Waals surface area contributed by atoms with Crippen LogP contribution in [0.1, 0.15) is 19.3 Å². The Labute approximate surface area is 105 Å². The molecule has 0 amide bonds. The van der Waals surface area contributed by atoms with E-state index in [1.165, 1.54) is 0 Å². The summed E-state index contributed by atoms with van der Waals surface area (Å²) in [6, 6.07) is 0. The molecule has 2 saturated heterocycles. The molecule has 2 aliphatic rings. The predicted molar refractivity (Wildman–Crippen MR) is 58.4 cm³/mol. The lowest BCUT2D eigenvalue weighted by Crippen LogP contribution is -2.51. The van der Waals surface area contributed by atoms with Crippen LogP contribution in [0.5, 0.6) is 0 Å². The summed E-state index contributed by atoms with van der Waals surface area (Å²) in [5.74, 6) is 0. The molecule has 0 saturated carbocycles. The zero-order chi connectivity index (χ0) is 13.1. The average molecular weight is 264 g/mol. The summed E-state index contributed by atoms with van der Waals surface area (Å²) < 4.78 is 15.8. The topological polar surface area (TPSA) is 109 Å². The second kappa shape index (κ2) is 6.25. The highest BCUT2D eigenvalue weighted by molar-refractivity contribution is 4.82. The van der Waals surface area contributed by atoms with Gasteiger partial charge in [-0.3, -0.25) is 0 Å². The van der Waals surface area contributed by atoms with Gasteiger partial charge < -0.3 is 34.6 Å². The molecular formula is C11H20O7. The number of aliphatic hydroxyl groups excluding tert-OH is 4. The maximum Gasteiger partial charge on any atom is 0.183 e. The van der Waals surface area contributed by atoms with Crippen molar-refractivity contribution in [1.29, 1.82) is 0 Å². The Morgan fingerprint density at radius 2 is 1.94 bits per heavy atom. The SMILES string of the molecule is OC[C@@H]1C[C@H](O[C@@H]2CC[C@H](O)CO2)C(O)[C@H](O)O1. The van der Waals surface area contributed by atoms with E-state index in [2.05, 4.69) is 0 Å². The molecule has 0 bridgehead atoms. The molecule has 2 rings (SSSR count). The van der Waals surface area contributed by atoms with Crippen molar-refractivity contribution in [3.63, 3.8) is 0 Å². The minimum Gasteiger partial charge on any atom is -0.394 e. The Morgan fingerprint density at radius 1 is 1.17 bits per heavy atom. The molecule has 1 unspecified atom stereocenters. The van der Waals surface area contributed by atoms with E-state index in [1.807, 2.05) is 0 Å². The van der Waals surface area contributed by atoms with E-state index in [1.54, 1.807) is 0 Å². The van der Waals surface area contributed by atoms with Crippen molar-refractivity contribution in [2.24, 2.45) is 0 Å². The van der Waals surface area contributed by atoms with Crippen molar-refractivity contribution in [2.75, 3.05) is 13.2 Å². The summed E-state index contributed by atoms with van der Waals surface area (Å²) in [6.07, 6.45) is -3.30. The van der Waals surface area contributed by atoms with Crippen LogP contribution in [-0.4, -0.2) is 70.6 Å². The molecule has 0 aromatic heterocycles. The monoisotopic (exact) mass is 264 g/mol. The maximum atomic E-state index is 9.75. The van der Waals surface area contributed by atoms with Gasteiger partial charge in [-0.05, 0) is 6.42 Å². The molecule has 7 heteroatoms. The van der Waals surface area contributed by atoms with E-state index in [9.17, 15) is 15.3 Å². The average Bonchev–Trinajstić information content (AvgIpc) is 2.37. The molecule has 2 aliphatic heterocycles. The molecule has 6 atom stereocenters. The molecule has 0 spiro atoms. The van der Waals surface area contributed by atoms with Crippen molar-refractivity contribution in [2.45, 2.75) is 56.3 Å². The fourth-order valence-electron chi connectivity index (χ4n) is 2.18. The first-order chi connectivity index (χ1) is 8.60. The van der Waals surface area contributed by atoms with E-state index in [4.69, 9.17) is 19.3 Å². The molecule has 18 heavy (non-hydrogen) atoms. The third-order valence-corrected chi connectivity index (χ3v) is 3.24. The van der Waals surface area contributed by atoms with Crippen molar-refractivity contribution in [3.05, 3.63) is 0 Å². The fraction of sp³-hybridized carbons (Fsp3) is 1.00. The molecule has 0 aromatic rings. The van der Waals surface area contributed by atoms with Gasteiger partial charge in [-0.25, -0.2) is 0 Å². The summed E-state index contributed by atoms with van der Waals surface area (Å²) in [5, 5.41) is 37.5. The predicted octanol–water partition coefficient (Wildman–Crippen LogP) is -1.67. The van der Waals surface area contributed by atoms with E-state index in [0.717, 1.165) is 0 Å². The lowest BCUT2D eigenvalue weighted by molar-refractivity contribution is -0.293. The van der Waals surface area contributed by atoms with E-state index in [0.29, 0.717) is 12.8 Å². The van der Waals surface area contributed by atoms with E-state index in [-0.39, 0.29) is 19.6 Å². The summed E-state index contributed by atoms with van der Waals surface area (Å²) in [7, 11) is 0. The van der Waals surface area contributed by atoms with Gasteiger partial charge in [0, 0.05) is 12.8 Å². The minimum atomic E-state index is -1.37. The van der Waals surface area contributed by atoms with Gasteiger partial charge in [-0.2, -0.15) is 0 Å². The van der Waals surface area contributed by atoms with Crippen LogP contribution in [0.25, 0.3) is 0 Å². The molecule has 7 nitrogen and oxygen atoms in total. The van der Waals surface area contributed by atoms with Crippen molar-refractivity contribution in [1.82, 2.24) is 0 Å². The molecule has 0 radical (unpaired) electrons. The molecule has 2 fully saturated rings. The van der Waals surface area contributed by atoms with Gasteiger partial charge in [0.05, 0.1) is 31.5 Å². The molecule has 0 aromatic carbocycles. The highest BCUT2D eigenvalue weighted by Gasteiger charge is 2.39. The molecular weight excluding hydrogens is 244 g/mol. The largest absolute Gasteiger partial charge is 0.394 e. The Balaban J connectivity index is 1.86. The fourth-order valence-corrected chi connectivity index (χ4v) is 2.18. The van der Waals surface area contributed by atoms with Gasteiger partial charge in [0.15, 0.2) is 12.6 Å². The van der Waals surface area contributed by atoms with Crippen molar-refractivity contribution < 1.29 is 34.6 Å². The van der Waals surface area contributed by atoms with Gasteiger partial charge in [0.1, 0.15) is 6.10 Å². The van der Waals surface area contributed by atoms with Gasteiger partial charge >= 0.3 is 0 Å². The van der Waals surface area contributed by atoms with Crippen molar-refractivity contribution >= 4 is 0 Å². The number of hydrogen-bond acceptors (Lipinski definition) is 7. The van der Waals surface area contributed by atoms with Crippen LogP contribution in [0.4, 0.5) is 0 Å². The standard InChI is InChI=1S/C11H20O7/c12-4-7-3-8(10(14)11(15)17-7)18-9-2-1-6(13)5-16-9/h6-15H,1-5H2/t6-,7-,8-,9+,10?,11+/m0/s1.